The summed E-state index contributed by atoms with van der Waals surface area (Å²) in [6, 6.07) is 12.8. The van der Waals surface area contributed by atoms with Gasteiger partial charge < -0.3 is 13.9 Å². The van der Waals surface area contributed by atoms with Crippen LogP contribution in [0.4, 0.5) is 0 Å². The van der Waals surface area contributed by atoms with Crippen molar-refractivity contribution in [1.29, 1.82) is 0 Å². The van der Waals surface area contributed by atoms with Crippen molar-refractivity contribution < 1.29 is 13.9 Å². The van der Waals surface area contributed by atoms with Crippen LogP contribution in [0.5, 0.6) is 11.5 Å². The molecular formula is C18H16O4. The van der Waals surface area contributed by atoms with Crippen LogP contribution in [0.1, 0.15) is 5.56 Å². The summed E-state index contributed by atoms with van der Waals surface area (Å²) in [4.78, 5) is 12.6. The lowest BCUT2D eigenvalue weighted by Gasteiger charge is -2.10. The SMILES string of the molecule is COc1ccc(-c2oc3cc(C)ccc3c(=O)c2OC)cc1. The summed E-state index contributed by atoms with van der Waals surface area (Å²) in [7, 11) is 3.08. The fourth-order valence-electron chi connectivity index (χ4n) is 2.40. The van der Waals surface area contributed by atoms with E-state index in [4.69, 9.17) is 13.9 Å². The second-order valence-electron chi connectivity index (χ2n) is 5.02. The van der Waals surface area contributed by atoms with E-state index in [1.807, 2.05) is 43.3 Å². The smallest absolute Gasteiger partial charge is 0.235 e. The van der Waals surface area contributed by atoms with E-state index in [0.29, 0.717) is 16.7 Å². The van der Waals surface area contributed by atoms with Crippen LogP contribution in [0.2, 0.25) is 0 Å². The minimum absolute atomic E-state index is 0.172. The molecule has 4 heteroatoms. The third kappa shape index (κ3) is 2.33. The number of hydrogen-bond acceptors (Lipinski definition) is 4. The number of aryl methyl sites for hydroxylation is 1. The zero-order valence-corrected chi connectivity index (χ0v) is 12.7. The van der Waals surface area contributed by atoms with Gasteiger partial charge in [-0.15, -0.1) is 0 Å². The van der Waals surface area contributed by atoms with Gasteiger partial charge >= 0.3 is 0 Å². The van der Waals surface area contributed by atoms with Gasteiger partial charge in [-0.1, -0.05) is 6.07 Å². The van der Waals surface area contributed by atoms with Crippen LogP contribution in [0.3, 0.4) is 0 Å². The Hall–Kier alpha value is -2.75. The van der Waals surface area contributed by atoms with E-state index in [-0.39, 0.29) is 11.2 Å². The molecule has 0 fully saturated rings. The van der Waals surface area contributed by atoms with Crippen molar-refractivity contribution in [1.82, 2.24) is 0 Å². The van der Waals surface area contributed by atoms with Gasteiger partial charge in [-0.3, -0.25) is 4.79 Å². The summed E-state index contributed by atoms with van der Waals surface area (Å²) in [5, 5.41) is 0.514. The molecule has 22 heavy (non-hydrogen) atoms. The van der Waals surface area contributed by atoms with Crippen LogP contribution < -0.4 is 14.9 Å². The van der Waals surface area contributed by atoms with E-state index in [1.165, 1.54) is 7.11 Å². The van der Waals surface area contributed by atoms with Crippen LogP contribution in [-0.4, -0.2) is 14.2 Å². The van der Waals surface area contributed by atoms with E-state index in [9.17, 15) is 4.79 Å². The van der Waals surface area contributed by atoms with Crippen molar-refractivity contribution in [3.63, 3.8) is 0 Å². The Morgan fingerprint density at radius 2 is 1.68 bits per heavy atom. The van der Waals surface area contributed by atoms with Gasteiger partial charge in [0.25, 0.3) is 0 Å². The van der Waals surface area contributed by atoms with E-state index >= 15 is 0 Å². The molecule has 4 nitrogen and oxygen atoms in total. The highest BCUT2D eigenvalue weighted by Crippen LogP contribution is 2.31. The average molecular weight is 296 g/mol. The molecule has 2 aromatic carbocycles. The quantitative estimate of drug-likeness (QED) is 0.738. The third-order valence-corrected chi connectivity index (χ3v) is 3.56. The summed E-state index contributed by atoms with van der Waals surface area (Å²) in [5.41, 5.74) is 2.17. The minimum Gasteiger partial charge on any atom is -0.497 e. The Morgan fingerprint density at radius 1 is 0.955 bits per heavy atom. The lowest BCUT2D eigenvalue weighted by atomic mass is 10.1. The Morgan fingerprint density at radius 3 is 2.32 bits per heavy atom. The fourth-order valence-corrected chi connectivity index (χ4v) is 2.40. The van der Waals surface area contributed by atoms with Crippen molar-refractivity contribution in [2.75, 3.05) is 14.2 Å². The first-order valence-electron chi connectivity index (χ1n) is 6.90. The highest BCUT2D eigenvalue weighted by Gasteiger charge is 2.16. The van der Waals surface area contributed by atoms with Gasteiger partial charge in [0.2, 0.25) is 11.2 Å². The lowest BCUT2D eigenvalue weighted by molar-refractivity contribution is 0.398. The monoisotopic (exact) mass is 296 g/mol. The molecule has 0 saturated carbocycles. The number of methoxy groups -OCH3 is 2. The van der Waals surface area contributed by atoms with Crippen LogP contribution in [0.15, 0.2) is 51.7 Å². The van der Waals surface area contributed by atoms with Gasteiger partial charge in [0.15, 0.2) is 5.76 Å². The molecule has 1 heterocycles. The lowest BCUT2D eigenvalue weighted by Crippen LogP contribution is -2.07. The maximum absolute atomic E-state index is 12.6. The summed E-state index contributed by atoms with van der Waals surface area (Å²) < 4.78 is 16.4. The zero-order valence-electron chi connectivity index (χ0n) is 12.7. The molecule has 3 rings (SSSR count). The van der Waals surface area contributed by atoms with Crippen LogP contribution in [0, 0.1) is 6.92 Å². The fraction of sp³-hybridized carbons (Fsp3) is 0.167. The Balaban J connectivity index is 2.29. The van der Waals surface area contributed by atoms with Crippen molar-refractivity contribution in [2.24, 2.45) is 0 Å². The first-order valence-corrected chi connectivity index (χ1v) is 6.90. The average Bonchev–Trinajstić information content (AvgIpc) is 2.54. The predicted molar refractivity (Wildman–Crippen MR) is 85.8 cm³/mol. The molecule has 0 aliphatic heterocycles. The molecule has 0 bridgehead atoms. The molecule has 0 aliphatic rings. The molecule has 1 aromatic heterocycles. The standard InChI is InChI=1S/C18H16O4/c1-11-4-9-14-15(10-11)22-17(18(21-3)16(14)19)12-5-7-13(20-2)8-6-12/h4-10H,1-3H3. The molecule has 112 valence electrons. The summed E-state index contributed by atoms with van der Waals surface area (Å²) in [6.45, 7) is 1.96. The highest BCUT2D eigenvalue weighted by atomic mass is 16.5. The van der Waals surface area contributed by atoms with Gasteiger partial charge in [-0.25, -0.2) is 0 Å². The topological polar surface area (TPSA) is 48.7 Å². The number of hydrogen-bond donors (Lipinski definition) is 0. The molecule has 0 amide bonds. The van der Waals surface area contributed by atoms with E-state index in [1.54, 1.807) is 13.2 Å². The number of ether oxygens (including phenoxy) is 2. The zero-order chi connectivity index (χ0) is 15.7. The highest BCUT2D eigenvalue weighted by molar-refractivity contribution is 5.82. The van der Waals surface area contributed by atoms with Crippen LogP contribution in [-0.2, 0) is 0 Å². The molecule has 0 N–H and O–H groups in total. The normalized spacial score (nSPS) is 10.7. The first kappa shape index (κ1) is 14.2. The predicted octanol–water partition coefficient (Wildman–Crippen LogP) is 3.79. The van der Waals surface area contributed by atoms with Crippen molar-refractivity contribution in [3.05, 3.63) is 58.3 Å². The maximum atomic E-state index is 12.6. The van der Waals surface area contributed by atoms with Crippen molar-refractivity contribution in [2.45, 2.75) is 6.92 Å². The molecule has 0 radical (unpaired) electrons. The van der Waals surface area contributed by atoms with Crippen molar-refractivity contribution >= 4 is 11.0 Å². The molecule has 3 aromatic rings. The van der Waals surface area contributed by atoms with Gasteiger partial charge in [0, 0.05) is 5.56 Å². The van der Waals surface area contributed by atoms with Gasteiger partial charge in [-0.2, -0.15) is 0 Å². The van der Waals surface area contributed by atoms with Gasteiger partial charge in [0.05, 0.1) is 19.6 Å². The van der Waals surface area contributed by atoms with Gasteiger partial charge in [-0.05, 0) is 48.9 Å². The van der Waals surface area contributed by atoms with Gasteiger partial charge in [0.1, 0.15) is 11.3 Å². The molecule has 0 saturated heterocycles. The number of fused-ring (bicyclic) bond motifs is 1. The number of rotatable bonds is 3. The molecule has 0 spiro atoms. The molecular weight excluding hydrogens is 280 g/mol. The molecule has 0 aliphatic carbocycles. The number of benzene rings is 2. The maximum Gasteiger partial charge on any atom is 0.235 e. The summed E-state index contributed by atoms with van der Waals surface area (Å²) >= 11 is 0. The summed E-state index contributed by atoms with van der Waals surface area (Å²) in [6.07, 6.45) is 0. The van der Waals surface area contributed by atoms with Crippen LogP contribution in [0.25, 0.3) is 22.3 Å². The van der Waals surface area contributed by atoms with E-state index < -0.39 is 0 Å². The Bertz CT molecular complexity index is 876. The molecule has 0 unspecified atom stereocenters. The van der Waals surface area contributed by atoms with Crippen molar-refractivity contribution in [3.8, 4) is 22.8 Å². The molecule has 0 atom stereocenters. The second kappa shape index (κ2) is 5.56. The minimum atomic E-state index is -0.172. The Kier molecular flexibility index (Phi) is 3.59. The Labute approximate surface area is 127 Å². The summed E-state index contributed by atoms with van der Waals surface area (Å²) in [5.74, 6) is 1.37. The third-order valence-electron chi connectivity index (χ3n) is 3.56. The van der Waals surface area contributed by atoms with E-state index in [2.05, 4.69) is 0 Å². The second-order valence-corrected chi connectivity index (χ2v) is 5.02. The van der Waals surface area contributed by atoms with E-state index in [0.717, 1.165) is 16.9 Å². The first-order chi connectivity index (χ1) is 10.6. The van der Waals surface area contributed by atoms with Crippen LogP contribution >= 0.6 is 0 Å². The largest absolute Gasteiger partial charge is 0.497 e.